The van der Waals surface area contributed by atoms with E-state index in [9.17, 15) is 14.4 Å². The van der Waals surface area contributed by atoms with Crippen molar-refractivity contribution in [1.29, 1.82) is 0 Å². The molecular formula is C20H17ClN2O5S. The summed E-state index contributed by atoms with van der Waals surface area (Å²) in [5.74, 6) is -0.306. The molecule has 9 heteroatoms. The highest BCUT2D eigenvalue weighted by atomic mass is 35.5. The normalized spacial score (nSPS) is 10.7. The molecule has 0 saturated carbocycles. The Morgan fingerprint density at radius 1 is 1.17 bits per heavy atom. The number of carbonyl (C=O) groups excluding carboxylic acids is 2. The van der Waals surface area contributed by atoms with Crippen LogP contribution in [0.25, 0.3) is 10.9 Å². The van der Waals surface area contributed by atoms with Gasteiger partial charge in [0.1, 0.15) is 12.3 Å². The van der Waals surface area contributed by atoms with E-state index >= 15 is 0 Å². The lowest BCUT2D eigenvalue weighted by atomic mass is 10.1. The lowest BCUT2D eigenvalue weighted by Crippen LogP contribution is -2.27. The van der Waals surface area contributed by atoms with E-state index < -0.39 is 5.97 Å². The zero-order valence-corrected chi connectivity index (χ0v) is 17.2. The third kappa shape index (κ3) is 4.60. The molecule has 7 nitrogen and oxygen atoms in total. The summed E-state index contributed by atoms with van der Waals surface area (Å²) in [6, 6.07) is 11.6. The number of nitrogens with zero attached hydrogens (tertiary/aromatic N) is 2. The van der Waals surface area contributed by atoms with Crippen LogP contribution in [0.4, 0.5) is 0 Å². The average molecular weight is 433 g/mol. The SMILES string of the molecule is COC(=O)Cn1c(SCC(=O)c2ccc(OC)c(Cl)c2)nc2ccccc2c1=O. The first-order valence-electron chi connectivity index (χ1n) is 8.50. The number of benzene rings is 2. The molecule has 2 aromatic carbocycles. The molecule has 0 unspecified atom stereocenters. The number of Topliss-reactive ketones (excluding diaryl/α,β-unsaturated/α-hetero) is 1. The zero-order valence-electron chi connectivity index (χ0n) is 15.7. The second-order valence-corrected chi connectivity index (χ2v) is 7.29. The van der Waals surface area contributed by atoms with E-state index in [1.165, 1.54) is 24.9 Å². The molecule has 29 heavy (non-hydrogen) atoms. The lowest BCUT2D eigenvalue weighted by Gasteiger charge is -2.12. The number of ketones is 1. The summed E-state index contributed by atoms with van der Waals surface area (Å²) in [6.45, 7) is -0.294. The quantitative estimate of drug-likeness (QED) is 0.245. The van der Waals surface area contributed by atoms with E-state index in [0.29, 0.717) is 27.2 Å². The molecule has 0 fully saturated rings. The Kier molecular flexibility index (Phi) is 6.56. The molecular weight excluding hydrogens is 416 g/mol. The molecule has 1 heterocycles. The highest BCUT2D eigenvalue weighted by Crippen LogP contribution is 2.26. The van der Waals surface area contributed by atoms with Crippen molar-refractivity contribution < 1.29 is 19.1 Å². The van der Waals surface area contributed by atoms with Crippen molar-refractivity contribution in [2.24, 2.45) is 0 Å². The first kappa shape index (κ1) is 20.9. The minimum atomic E-state index is -0.584. The molecule has 0 atom stereocenters. The molecule has 3 rings (SSSR count). The van der Waals surface area contributed by atoms with E-state index in [4.69, 9.17) is 16.3 Å². The highest BCUT2D eigenvalue weighted by molar-refractivity contribution is 7.99. The minimum Gasteiger partial charge on any atom is -0.495 e. The number of esters is 1. The molecule has 150 valence electrons. The van der Waals surface area contributed by atoms with Crippen LogP contribution in [0.3, 0.4) is 0 Å². The largest absolute Gasteiger partial charge is 0.495 e. The van der Waals surface area contributed by atoms with Gasteiger partial charge in [0.15, 0.2) is 10.9 Å². The Morgan fingerprint density at radius 2 is 1.93 bits per heavy atom. The van der Waals surface area contributed by atoms with Crippen molar-refractivity contribution in [2.45, 2.75) is 11.7 Å². The summed E-state index contributed by atoms with van der Waals surface area (Å²) in [5, 5.41) is 0.968. The number of hydrogen-bond acceptors (Lipinski definition) is 7. The summed E-state index contributed by atoms with van der Waals surface area (Å²) >= 11 is 7.15. The van der Waals surface area contributed by atoms with Gasteiger partial charge in [-0.25, -0.2) is 4.98 Å². The van der Waals surface area contributed by atoms with Gasteiger partial charge in [-0.05, 0) is 30.3 Å². The van der Waals surface area contributed by atoms with E-state index in [-0.39, 0.29) is 28.8 Å². The predicted octanol–water partition coefficient (Wildman–Crippen LogP) is 3.21. The Hall–Kier alpha value is -2.84. The number of aromatic nitrogens is 2. The van der Waals surface area contributed by atoms with Crippen LogP contribution < -0.4 is 10.3 Å². The minimum absolute atomic E-state index is 0.00854. The van der Waals surface area contributed by atoms with E-state index in [1.54, 1.807) is 36.4 Å². The van der Waals surface area contributed by atoms with Crippen LogP contribution in [0, 0.1) is 0 Å². The third-order valence-electron chi connectivity index (χ3n) is 4.15. The van der Waals surface area contributed by atoms with Crippen LogP contribution >= 0.6 is 23.4 Å². The predicted molar refractivity (Wildman–Crippen MR) is 111 cm³/mol. The van der Waals surface area contributed by atoms with Crippen LogP contribution in [0.15, 0.2) is 52.4 Å². The van der Waals surface area contributed by atoms with Gasteiger partial charge in [0.25, 0.3) is 5.56 Å². The number of rotatable bonds is 7. The van der Waals surface area contributed by atoms with Gasteiger partial charge in [-0.2, -0.15) is 0 Å². The van der Waals surface area contributed by atoms with Gasteiger partial charge in [0.05, 0.1) is 35.9 Å². The molecule has 0 bridgehead atoms. The van der Waals surface area contributed by atoms with E-state index in [2.05, 4.69) is 9.72 Å². The number of thioether (sulfide) groups is 1. The molecule has 0 N–H and O–H groups in total. The van der Waals surface area contributed by atoms with Gasteiger partial charge in [-0.15, -0.1) is 0 Å². The fourth-order valence-electron chi connectivity index (χ4n) is 2.64. The monoisotopic (exact) mass is 432 g/mol. The second-order valence-electron chi connectivity index (χ2n) is 5.94. The van der Waals surface area contributed by atoms with Crippen LogP contribution in [0.5, 0.6) is 5.75 Å². The summed E-state index contributed by atoms with van der Waals surface area (Å²) in [6.07, 6.45) is 0. The van der Waals surface area contributed by atoms with Gasteiger partial charge in [-0.3, -0.25) is 19.0 Å². The van der Waals surface area contributed by atoms with Crippen molar-refractivity contribution in [2.75, 3.05) is 20.0 Å². The third-order valence-corrected chi connectivity index (χ3v) is 5.42. The van der Waals surface area contributed by atoms with Gasteiger partial charge in [-0.1, -0.05) is 35.5 Å². The fraction of sp³-hybridized carbons (Fsp3) is 0.200. The molecule has 0 radical (unpaired) electrons. The van der Waals surface area contributed by atoms with Crippen LogP contribution in [0.2, 0.25) is 5.02 Å². The Labute approximate surface area is 175 Å². The molecule has 0 aliphatic heterocycles. The first-order valence-corrected chi connectivity index (χ1v) is 9.87. The number of halogens is 1. The van der Waals surface area contributed by atoms with Gasteiger partial charge >= 0.3 is 5.97 Å². The molecule has 0 saturated heterocycles. The maximum absolute atomic E-state index is 12.8. The van der Waals surface area contributed by atoms with Crippen molar-refractivity contribution in [3.05, 3.63) is 63.4 Å². The summed E-state index contributed by atoms with van der Waals surface area (Å²) in [5.41, 5.74) is 0.524. The van der Waals surface area contributed by atoms with Crippen molar-refractivity contribution in [3.8, 4) is 5.75 Å². The van der Waals surface area contributed by atoms with Gasteiger partial charge in [0.2, 0.25) is 0 Å². The highest BCUT2D eigenvalue weighted by Gasteiger charge is 2.17. The molecule has 3 aromatic rings. The smallest absolute Gasteiger partial charge is 0.325 e. The van der Waals surface area contributed by atoms with Gasteiger partial charge in [0, 0.05) is 5.56 Å². The standard InChI is InChI=1S/C20H17ClN2O5S/c1-27-17-8-7-12(9-14(17)21)16(24)11-29-20-22-15-6-4-3-5-13(15)19(26)23(20)10-18(25)28-2/h3-9H,10-11H2,1-2H3. The summed E-state index contributed by atoms with van der Waals surface area (Å²) < 4.78 is 11.0. The van der Waals surface area contributed by atoms with E-state index in [0.717, 1.165) is 11.8 Å². The lowest BCUT2D eigenvalue weighted by molar-refractivity contribution is -0.141. The van der Waals surface area contributed by atoms with Crippen molar-refractivity contribution in [1.82, 2.24) is 9.55 Å². The zero-order chi connectivity index (χ0) is 21.0. The van der Waals surface area contributed by atoms with E-state index in [1.807, 2.05) is 0 Å². The van der Waals surface area contributed by atoms with Crippen molar-refractivity contribution >= 4 is 46.0 Å². The maximum Gasteiger partial charge on any atom is 0.325 e. The Bertz CT molecular complexity index is 1150. The molecule has 1 aromatic heterocycles. The number of methoxy groups -OCH3 is 2. The number of para-hydroxylation sites is 1. The maximum atomic E-state index is 12.8. The summed E-state index contributed by atoms with van der Waals surface area (Å²) in [7, 11) is 2.73. The van der Waals surface area contributed by atoms with Crippen LogP contribution in [0.1, 0.15) is 10.4 Å². The molecule has 0 amide bonds. The van der Waals surface area contributed by atoms with Crippen LogP contribution in [-0.4, -0.2) is 41.3 Å². The second kappa shape index (κ2) is 9.11. The Balaban J connectivity index is 1.91. The van der Waals surface area contributed by atoms with Crippen molar-refractivity contribution in [3.63, 3.8) is 0 Å². The molecule has 0 aliphatic rings. The fourth-order valence-corrected chi connectivity index (χ4v) is 3.79. The molecule has 0 aliphatic carbocycles. The number of fused-ring (bicyclic) bond motifs is 1. The summed E-state index contributed by atoms with van der Waals surface area (Å²) in [4.78, 5) is 41.6. The number of carbonyl (C=O) groups is 2. The number of ether oxygens (including phenoxy) is 2. The van der Waals surface area contributed by atoms with Gasteiger partial charge < -0.3 is 9.47 Å². The average Bonchev–Trinajstić information content (AvgIpc) is 2.74. The van der Waals surface area contributed by atoms with Crippen LogP contribution in [-0.2, 0) is 16.1 Å². The molecule has 0 spiro atoms. The Morgan fingerprint density at radius 3 is 2.62 bits per heavy atom. The first-order chi connectivity index (χ1) is 13.9. The number of hydrogen-bond donors (Lipinski definition) is 0. The topological polar surface area (TPSA) is 87.5 Å².